The quantitative estimate of drug-likeness (QED) is 0.690. The van der Waals surface area contributed by atoms with E-state index in [2.05, 4.69) is 41.6 Å². The lowest BCUT2D eigenvalue weighted by atomic mass is 9.78. The van der Waals surface area contributed by atoms with Crippen LogP contribution in [0.2, 0.25) is 0 Å². The van der Waals surface area contributed by atoms with Crippen LogP contribution in [0.15, 0.2) is 29.6 Å². The summed E-state index contributed by atoms with van der Waals surface area (Å²) >= 11 is 1.79. The van der Waals surface area contributed by atoms with E-state index in [1.807, 2.05) is 0 Å². The lowest BCUT2D eigenvalue weighted by molar-refractivity contribution is 0.700. The highest BCUT2D eigenvalue weighted by Gasteiger charge is 2.28. The van der Waals surface area contributed by atoms with E-state index in [1.165, 1.54) is 22.6 Å². The molecule has 0 radical (unpaired) electrons. The van der Waals surface area contributed by atoms with Gasteiger partial charge in [-0.15, -0.1) is 11.3 Å². The molecule has 1 nitrogen and oxygen atoms in total. The fourth-order valence-corrected chi connectivity index (χ4v) is 2.93. The molecule has 3 rings (SSSR count). The van der Waals surface area contributed by atoms with Gasteiger partial charge in [0, 0.05) is 17.0 Å². The molecule has 1 unspecified atom stereocenters. The number of rotatable bonds is 1. The van der Waals surface area contributed by atoms with Crippen molar-refractivity contribution in [3.63, 3.8) is 0 Å². The molecule has 0 N–H and O–H groups in total. The number of aryl methyl sites for hydroxylation is 1. The normalized spacial score (nSPS) is 18.8. The minimum atomic E-state index is 0.574. The minimum absolute atomic E-state index is 0.574. The number of nitrogens with zero attached hydrogens (tertiary/aromatic N) is 1. The zero-order chi connectivity index (χ0) is 9.54. The van der Waals surface area contributed by atoms with E-state index < -0.39 is 0 Å². The van der Waals surface area contributed by atoms with Crippen molar-refractivity contribution in [3.05, 3.63) is 51.5 Å². The maximum Gasteiger partial charge on any atom is 0.101 e. The lowest BCUT2D eigenvalue weighted by Gasteiger charge is -2.28. The molecule has 2 heteroatoms. The third-order valence-electron chi connectivity index (χ3n) is 2.79. The van der Waals surface area contributed by atoms with Crippen molar-refractivity contribution in [1.82, 2.24) is 4.98 Å². The van der Waals surface area contributed by atoms with Gasteiger partial charge < -0.3 is 0 Å². The second-order valence-corrected chi connectivity index (χ2v) is 4.67. The Morgan fingerprint density at radius 1 is 1.36 bits per heavy atom. The molecule has 0 amide bonds. The molecular formula is C12H11NS. The smallest absolute Gasteiger partial charge is 0.101 e. The average Bonchev–Trinajstić information content (AvgIpc) is 2.54. The van der Waals surface area contributed by atoms with E-state index in [9.17, 15) is 0 Å². The molecule has 1 aromatic carbocycles. The monoisotopic (exact) mass is 201 g/mol. The van der Waals surface area contributed by atoms with Crippen LogP contribution in [0.3, 0.4) is 0 Å². The summed E-state index contributed by atoms with van der Waals surface area (Å²) in [7, 11) is 0. The van der Waals surface area contributed by atoms with E-state index >= 15 is 0 Å². The predicted octanol–water partition coefficient (Wildman–Crippen LogP) is 3.14. The molecule has 14 heavy (non-hydrogen) atoms. The van der Waals surface area contributed by atoms with E-state index in [-0.39, 0.29) is 0 Å². The molecule has 2 aromatic rings. The molecule has 70 valence electrons. The summed E-state index contributed by atoms with van der Waals surface area (Å²) in [4.78, 5) is 4.55. The fraction of sp³-hybridized carbons (Fsp3) is 0.250. The predicted molar refractivity (Wildman–Crippen MR) is 58.8 cm³/mol. The molecular weight excluding hydrogens is 190 g/mol. The van der Waals surface area contributed by atoms with E-state index in [0.29, 0.717) is 5.92 Å². The maximum absolute atomic E-state index is 4.55. The van der Waals surface area contributed by atoms with Crippen LogP contribution in [0.4, 0.5) is 0 Å². The van der Waals surface area contributed by atoms with Gasteiger partial charge in [-0.1, -0.05) is 24.3 Å². The number of thiazole rings is 1. The Morgan fingerprint density at radius 2 is 2.21 bits per heavy atom. The Morgan fingerprint density at radius 3 is 2.93 bits per heavy atom. The van der Waals surface area contributed by atoms with Gasteiger partial charge in [-0.2, -0.15) is 0 Å². The Kier molecular flexibility index (Phi) is 1.71. The highest BCUT2D eigenvalue weighted by molar-refractivity contribution is 7.09. The summed E-state index contributed by atoms with van der Waals surface area (Å²) in [5.41, 5.74) is 4.11. The second kappa shape index (κ2) is 2.92. The third kappa shape index (κ3) is 1.11. The second-order valence-electron chi connectivity index (χ2n) is 3.78. The SMILES string of the molecule is Cc1csc(C2Cc3ccccc32)n1. The van der Waals surface area contributed by atoms with Gasteiger partial charge in [0.1, 0.15) is 5.01 Å². The molecule has 0 bridgehead atoms. The molecule has 1 aliphatic carbocycles. The number of aromatic nitrogens is 1. The summed E-state index contributed by atoms with van der Waals surface area (Å²) in [6.07, 6.45) is 1.17. The molecule has 0 aliphatic heterocycles. The third-order valence-corrected chi connectivity index (χ3v) is 3.87. The Balaban J connectivity index is 1.99. The summed E-state index contributed by atoms with van der Waals surface area (Å²) in [5, 5.41) is 3.41. The first-order chi connectivity index (χ1) is 6.84. The Labute approximate surface area is 87.4 Å². The number of hydrogen-bond acceptors (Lipinski definition) is 2. The van der Waals surface area contributed by atoms with E-state index in [0.717, 1.165) is 5.69 Å². The fourth-order valence-electron chi connectivity index (χ4n) is 2.01. The Bertz CT molecular complexity index is 473. The summed E-state index contributed by atoms with van der Waals surface area (Å²) in [5.74, 6) is 0.574. The van der Waals surface area contributed by atoms with Crippen molar-refractivity contribution in [2.45, 2.75) is 19.3 Å². The van der Waals surface area contributed by atoms with E-state index in [1.54, 1.807) is 11.3 Å². The van der Waals surface area contributed by atoms with Crippen molar-refractivity contribution in [3.8, 4) is 0 Å². The molecule has 1 heterocycles. The lowest BCUT2D eigenvalue weighted by Crippen LogP contribution is -2.17. The summed E-state index contributed by atoms with van der Waals surface area (Å²) in [6, 6.07) is 8.67. The highest BCUT2D eigenvalue weighted by atomic mass is 32.1. The van der Waals surface area contributed by atoms with Crippen LogP contribution in [0.25, 0.3) is 0 Å². The summed E-state index contributed by atoms with van der Waals surface area (Å²) in [6.45, 7) is 2.06. The summed E-state index contributed by atoms with van der Waals surface area (Å²) < 4.78 is 0. The first-order valence-corrected chi connectivity index (χ1v) is 5.72. The molecule has 1 atom stereocenters. The molecule has 1 aromatic heterocycles. The largest absolute Gasteiger partial charge is 0.246 e. The van der Waals surface area contributed by atoms with Gasteiger partial charge in [0.05, 0.1) is 0 Å². The molecule has 0 saturated carbocycles. The molecule has 0 fully saturated rings. The van der Waals surface area contributed by atoms with E-state index in [4.69, 9.17) is 0 Å². The van der Waals surface area contributed by atoms with Crippen LogP contribution in [0.5, 0.6) is 0 Å². The topological polar surface area (TPSA) is 12.9 Å². The van der Waals surface area contributed by atoms with Crippen LogP contribution in [0, 0.1) is 6.92 Å². The van der Waals surface area contributed by atoms with Crippen LogP contribution in [0.1, 0.15) is 27.7 Å². The van der Waals surface area contributed by atoms with Gasteiger partial charge in [-0.05, 0) is 24.5 Å². The van der Waals surface area contributed by atoms with Gasteiger partial charge >= 0.3 is 0 Å². The first kappa shape index (κ1) is 8.18. The van der Waals surface area contributed by atoms with Crippen molar-refractivity contribution in [1.29, 1.82) is 0 Å². The zero-order valence-corrected chi connectivity index (χ0v) is 8.84. The van der Waals surface area contributed by atoms with Crippen molar-refractivity contribution < 1.29 is 0 Å². The highest BCUT2D eigenvalue weighted by Crippen LogP contribution is 2.40. The van der Waals surface area contributed by atoms with Gasteiger partial charge in [0.25, 0.3) is 0 Å². The van der Waals surface area contributed by atoms with Gasteiger partial charge in [-0.25, -0.2) is 4.98 Å². The van der Waals surface area contributed by atoms with Crippen molar-refractivity contribution >= 4 is 11.3 Å². The number of fused-ring (bicyclic) bond motifs is 1. The Hall–Kier alpha value is -1.15. The average molecular weight is 201 g/mol. The number of hydrogen-bond donors (Lipinski definition) is 0. The van der Waals surface area contributed by atoms with Crippen molar-refractivity contribution in [2.24, 2.45) is 0 Å². The van der Waals surface area contributed by atoms with Crippen LogP contribution in [-0.2, 0) is 6.42 Å². The maximum atomic E-state index is 4.55. The first-order valence-electron chi connectivity index (χ1n) is 4.84. The van der Waals surface area contributed by atoms with Gasteiger partial charge in [0.2, 0.25) is 0 Å². The standard InChI is InChI=1S/C12H11NS/c1-8-7-14-12(13-8)11-6-9-4-2-3-5-10(9)11/h2-5,7,11H,6H2,1H3. The zero-order valence-electron chi connectivity index (χ0n) is 8.03. The van der Waals surface area contributed by atoms with Gasteiger partial charge in [0.15, 0.2) is 0 Å². The molecule has 1 aliphatic rings. The number of benzene rings is 1. The van der Waals surface area contributed by atoms with Crippen LogP contribution >= 0.6 is 11.3 Å². The minimum Gasteiger partial charge on any atom is -0.246 e. The van der Waals surface area contributed by atoms with Crippen molar-refractivity contribution in [2.75, 3.05) is 0 Å². The molecule has 0 spiro atoms. The van der Waals surface area contributed by atoms with Crippen LogP contribution < -0.4 is 0 Å². The van der Waals surface area contributed by atoms with Gasteiger partial charge in [-0.3, -0.25) is 0 Å². The molecule has 0 saturated heterocycles. The van der Waals surface area contributed by atoms with Crippen LogP contribution in [-0.4, -0.2) is 4.98 Å².